The van der Waals surface area contributed by atoms with Crippen LogP contribution < -0.4 is 0 Å². The van der Waals surface area contributed by atoms with Gasteiger partial charge in [0, 0.05) is 17.1 Å². The lowest BCUT2D eigenvalue weighted by atomic mass is 9.99. The molecule has 2 aromatic carbocycles. The van der Waals surface area contributed by atoms with Crippen LogP contribution in [0.2, 0.25) is 5.15 Å². The molecule has 0 aliphatic carbocycles. The SMILES string of the molecule is CSc1ncc2cc(-c3cccc4ccccc34)c(Cl)nc2n1. The fourth-order valence-corrected chi connectivity index (χ4v) is 3.25. The van der Waals surface area contributed by atoms with Crippen LogP contribution in [0.3, 0.4) is 0 Å². The van der Waals surface area contributed by atoms with Crippen LogP contribution in [-0.4, -0.2) is 21.2 Å². The fraction of sp³-hybridized carbons (Fsp3) is 0.0556. The number of nitrogens with zero attached hydrogens (tertiary/aromatic N) is 3. The van der Waals surface area contributed by atoms with Crippen LogP contribution in [0.25, 0.3) is 32.9 Å². The summed E-state index contributed by atoms with van der Waals surface area (Å²) in [5, 5.41) is 4.36. The fourth-order valence-electron chi connectivity index (χ4n) is 2.67. The number of aromatic nitrogens is 3. The number of fused-ring (bicyclic) bond motifs is 2. The van der Waals surface area contributed by atoms with Gasteiger partial charge in [0.05, 0.1) is 0 Å². The molecule has 0 spiro atoms. The van der Waals surface area contributed by atoms with Gasteiger partial charge in [-0.15, -0.1) is 0 Å². The predicted molar refractivity (Wildman–Crippen MR) is 97.1 cm³/mol. The van der Waals surface area contributed by atoms with Crippen LogP contribution in [0.15, 0.2) is 59.9 Å². The number of benzene rings is 2. The van der Waals surface area contributed by atoms with Gasteiger partial charge in [0.25, 0.3) is 0 Å². The molecule has 0 unspecified atom stereocenters. The first-order valence-corrected chi connectivity index (χ1v) is 8.72. The van der Waals surface area contributed by atoms with Gasteiger partial charge >= 0.3 is 0 Å². The number of hydrogen-bond acceptors (Lipinski definition) is 4. The van der Waals surface area contributed by atoms with Gasteiger partial charge in [-0.25, -0.2) is 15.0 Å². The van der Waals surface area contributed by atoms with Crippen molar-refractivity contribution in [3.63, 3.8) is 0 Å². The van der Waals surface area contributed by atoms with Gasteiger partial charge in [-0.3, -0.25) is 0 Å². The van der Waals surface area contributed by atoms with E-state index in [1.54, 1.807) is 6.20 Å². The van der Waals surface area contributed by atoms with Gasteiger partial charge in [-0.05, 0) is 28.7 Å². The third kappa shape index (κ3) is 2.54. The zero-order valence-corrected chi connectivity index (χ0v) is 13.9. The summed E-state index contributed by atoms with van der Waals surface area (Å²) in [6.45, 7) is 0. The highest BCUT2D eigenvalue weighted by atomic mass is 35.5. The van der Waals surface area contributed by atoms with E-state index in [2.05, 4.69) is 39.2 Å². The molecule has 2 heterocycles. The minimum absolute atomic E-state index is 0.458. The molecule has 0 aliphatic heterocycles. The van der Waals surface area contributed by atoms with Crippen molar-refractivity contribution in [2.24, 2.45) is 0 Å². The number of rotatable bonds is 2. The Morgan fingerprint density at radius 1 is 0.913 bits per heavy atom. The third-order valence-electron chi connectivity index (χ3n) is 3.76. The Balaban J connectivity index is 1.99. The van der Waals surface area contributed by atoms with E-state index in [4.69, 9.17) is 11.6 Å². The molecule has 0 aliphatic rings. The Morgan fingerprint density at radius 2 is 1.74 bits per heavy atom. The van der Waals surface area contributed by atoms with Crippen molar-refractivity contribution in [1.82, 2.24) is 15.0 Å². The summed E-state index contributed by atoms with van der Waals surface area (Å²) < 4.78 is 0. The number of thioether (sulfide) groups is 1. The zero-order valence-electron chi connectivity index (χ0n) is 12.3. The Labute approximate surface area is 142 Å². The van der Waals surface area contributed by atoms with Crippen molar-refractivity contribution in [3.05, 3.63) is 59.9 Å². The molecule has 4 rings (SSSR count). The van der Waals surface area contributed by atoms with Gasteiger partial charge in [-0.1, -0.05) is 65.8 Å². The van der Waals surface area contributed by atoms with Crippen molar-refractivity contribution in [3.8, 4) is 11.1 Å². The molecule has 0 N–H and O–H groups in total. The van der Waals surface area contributed by atoms with Gasteiger partial charge in [-0.2, -0.15) is 0 Å². The largest absolute Gasteiger partial charge is 0.230 e. The number of hydrogen-bond donors (Lipinski definition) is 0. The summed E-state index contributed by atoms with van der Waals surface area (Å²) in [5.74, 6) is 0. The number of pyridine rings is 1. The molecule has 0 saturated carbocycles. The maximum Gasteiger partial charge on any atom is 0.189 e. The molecule has 2 aromatic heterocycles. The second-order valence-electron chi connectivity index (χ2n) is 5.12. The molecule has 23 heavy (non-hydrogen) atoms. The predicted octanol–water partition coefficient (Wildman–Crippen LogP) is 5.22. The maximum atomic E-state index is 6.46. The van der Waals surface area contributed by atoms with Gasteiger partial charge < -0.3 is 0 Å². The zero-order chi connectivity index (χ0) is 15.8. The van der Waals surface area contributed by atoms with Gasteiger partial charge in [0.2, 0.25) is 0 Å². The second-order valence-corrected chi connectivity index (χ2v) is 6.25. The van der Waals surface area contributed by atoms with Crippen molar-refractivity contribution >= 4 is 45.2 Å². The van der Waals surface area contributed by atoms with Crippen LogP contribution in [-0.2, 0) is 0 Å². The summed E-state index contributed by atoms with van der Waals surface area (Å²) in [4.78, 5) is 13.2. The molecule has 4 aromatic rings. The summed E-state index contributed by atoms with van der Waals surface area (Å²) >= 11 is 7.94. The van der Waals surface area contributed by atoms with Crippen molar-refractivity contribution < 1.29 is 0 Å². The van der Waals surface area contributed by atoms with Crippen molar-refractivity contribution in [2.75, 3.05) is 6.26 Å². The lowest BCUT2D eigenvalue weighted by Crippen LogP contribution is -1.93. The third-order valence-corrected chi connectivity index (χ3v) is 4.61. The minimum atomic E-state index is 0.458. The molecule has 0 radical (unpaired) electrons. The molecular weight excluding hydrogens is 326 g/mol. The highest BCUT2D eigenvalue weighted by molar-refractivity contribution is 7.98. The quantitative estimate of drug-likeness (QED) is 0.285. The summed E-state index contributed by atoms with van der Waals surface area (Å²) in [6.07, 6.45) is 3.74. The standard InChI is InChI=1S/C18H12ClN3S/c1-23-18-20-10-12-9-15(16(19)21-17(12)22-18)14-8-4-6-11-5-2-3-7-13(11)14/h2-10H,1H3. The smallest absolute Gasteiger partial charge is 0.189 e. The highest BCUT2D eigenvalue weighted by Crippen LogP contribution is 2.34. The van der Waals surface area contributed by atoms with E-state index in [-0.39, 0.29) is 0 Å². The summed E-state index contributed by atoms with van der Waals surface area (Å²) in [6, 6.07) is 16.4. The first-order valence-electron chi connectivity index (χ1n) is 7.11. The molecule has 112 valence electrons. The average Bonchev–Trinajstić information content (AvgIpc) is 2.60. The second kappa shape index (κ2) is 5.80. The Morgan fingerprint density at radius 3 is 2.61 bits per heavy atom. The van der Waals surface area contributed by atoms with E-state index < -0.39 is 0 Å². The Bertz CT molecular complexity index is 1030. The molecule has 0 bridgehead atoms. The van der Waals surface area contributed by atoms with E-state index in [0.29, 0.717) is 16.0 Å². The minimum Gasteiger partial charge on any atom is -0.230 e. The molecule has 0 atom stereocenters. The molecular formula is C18H12ClN3S. The lowest BCUT2D eigenvalue weighted by Gasteiger charge is -2.09. The van der Waals surface area contributed by atoms with Crippen LogP contribution in [0.1, 0.15) is 0 Å². The van der Waals surface area contributed by atoms with Gasteiger partial charge in [0.1, 0.15) is 5.15 Å². The van der Waals surface area contributed by atoms with Crippen molar-refractivity contribution in [2.45, 2.75) is 5.16 Å². The molecule has 0 saturated heterocycles. The van der Waals surface area contributed by atoms with Crippen LogP contribution in [0.5, 0.6) is 0 Å². The Hall–Kier alpha value is -2.17. The highest BCUT2D eigenvalue weighted by Gasteiger charge is 2.11. The van der Waals surface area contributed by atoms with E-state index in [0.717, 1.165) is 21.9 Å². The first-order chi connectivity index (χ1) is 11.3. The average molecular weight is 338 g/mol. The number of halogens is 1. The van der Waals surface area contributed by atoms with Gasteiger partial charge in [0.15, 0.2) is 10.8 Å². The molecule has 0 amide bonds. The van der Waals surface area contributed by atoms with E-state index >= 15 is 0 Å². The topological polar surface area (TPSA) is 38.7 Å². The van der Waals surface area contributed by atoms with Crippen molar-refractivity contribution in [1.29, 1.82) is 0 Å². The van der Waals surface area contributed by atoms with Crippen LogP contribution in [0.4, 0.5) is 0 Å². The molecule has 0 fully saturated rings. The van der Waals surface area contributed by atoms with E-state index in [1.165, 1.54) is 17.1 Å². The monoisotopic (exact) mass is 337 g/mol. The normalized spacial score (nSPS) is 11.2. The maximum absolute atomic E-state index is 6.46. The van der Waals surface area contributed by atoms with E-state index in [9.17, 15) is 0 Å². The molecule has 3 nitrogen and oxygen atoms in total. The molecule has 5 heteroatoms. The Kier molecular flexibility index (Phi) is 3.63. The van der Waals surface area contributed by atoms with Crippen LogP contribution >= 0.6 is 23.4 Å². The van der Waals surface area contributed by atoms with Crippen LogP contribution in [0, 0.1) is 0 Å². The summed E-state index contributed by atoms with van der Waals surface area (Å²) in [5.41, 5.74) is 2.59. The lowest BCUT2D eigenvalue weighted by molar-refractivity contribution is 0.992. The first kappa shape index (κ1) is 14.4. The van der Waals surface area contributed by atoms with E-state index in [1.807, 2.05) is 30.5 Å². The summed E-state index contributed by atoms with van der Waals surface area (Å²) in [7, 11) is 0.